The van der Waals surface area contributed by atoms with Crippen LogP contribution in [0, 0.1) is 0 Å². The van der Waals surface area contributed by atoms with E-state index in [0.29, 0.717) is 0 Å². The summed E-state index contributed by atoms with van der Waals surface area (Å²) in [4.78, 5) is 27.1. The van der Waals surface area contributed by atoms with E-state index in [1.807, 2.05) is 18.2 Å². The van der Waals surface area contributed by atoms with Crippen molar-refractivity contribution in [2.75, 3.05) is 36.0 Å². The first-order valence-electron chi connectivity index (χ1n) is 8.60. The van der Waals surface area contributed by atoms with Gasteiger partial charge in [0.25, 0.3) is 0 Å². The van der Waals surface area contributed by atoms with Crippen molar-refractivity contribution in [1.29, 1.82) is 0 Å². The zero-order chi connectivity index (χ0) is 19.9. The van der Waals surface area contributed by atoms with Gasteiger partial charge in [0, 0.05) is 36.3 Å². The molecule has 0 unspecified atom stereocenters. The van der Waals surface area contributed by atoms with Crippen molar-refractivity contribution in [2.45, 2.75) is 22.3 Å². The Hall–Kier alpha value is -1.48. The molecule has 3 heterocycles. The predicted octanol–water partition coefficient (Wildman–Crippen LogP) is 7.88. The third-order valence-electron chi connectivity index (χ3n) is 4.22. The van der Waals surface area contributed by atoms with Gasteiger partial charge in [0.05, 0.1) is 18.5 Å². The summed E-state index contributed by atoms with van der Waals surface area (Å²) in [6.45, 7) is 4.01. The maximum Gasteiger partial charge on any atom is 0.160 e. The van der Waals surface area contributed by atoms with Crippen molar-refractivity contribution >= 4 is 77.8 Å². The summed E-state index contributed by atoms with van der Waals surface area (Å²) in [7, 11) is 0. The van der Waals surface area contributed by atoms with E-state index in [4.69, 9.17) is 0 Å². The van der Waals surface area contributed by atoms with Crippen molar-refractivity contribution in [3.8, 4) is 0 Å². The Bertz CT molecular complexity index is 918. The van der Waals surface area contributed by atoms with Crippen LogP contribution in [-0.2, 0) is 0 Å². The van der Waals surface area contributed by atoms with E-state index in [1.54, 1.807) is 17.4 Å². The number of anilines is 2. The van der Waals surface area contributed by atoms with Gasteiger partial charge in [-0.2, -0.15) is 0 Å². The molecule has 8 heteroatoms. The number of piperazine rings is 1. The highest BCUT2D eigenvalue weighted by Gasteiger charge is 2.18. The van der Waals surface area contributed by atoms with Crippen molar-refractivity contribution in [1.82, 2.24) is 0 Å². The first-order valence-corrected chi connectivity index (χ1v) is 11.8. The molecule has 31 heavy (non-hydrogen) atoms. The van der Waals surface area contributed by atoms with Crippen LogP contribution < -0.4 is 9.80 Å². The van der Waals surface area contributed by atoms with E-state index in [9.17, 15) is 9.59 Å². The Labute approximate surface area is 211 Å². The molecule has 0 spiro atoms. The lowest BCUT2D eigenvalue weighted by Crippen LogP contribution is -2.46. The van der Waals surface area contributed by atoms with Crippen molar-refractivity contribution in [3.05, 3.63) is 66.5 Å². The summed E-state index contributed by atoms with van der Waals surface area (Å²) in [5.41, 5.74) is 1.27. The van der Waals surface area contributed by atoms with Gasteiger partial charge in [0.1, 0.15) is 0 Å². The van der Waals surface area contributed by atoms with Gasteiger partial charge in [-0.1, -0.05) is 38.2 Å². The molecule has 0 atom stereocenters. The van der Waals surface area contributed by atoms with Crippen molar-refractivity contribution < 1.29 is 9.59 Å². The second kappa shape index (κ2) is 14.6. The predicted molar refractivity (Wildman–Crippen MR) is 146 cm³/mol. The van der Waals surface area contributed by atoms with Crippen molar-refractivity contribution in [3.63, 3.8) is 0 Å². The fourth-order valence-corrected chi connectivity index (χ4v) is 5.18. The van der Waals surface area contributed by atoms with Crippen LogP contribution in [0.25, 0.3) is 0 Å². The van der Waals surface area contributed by atoms with Crippen molar-refractivity contribution in [2.24, 2.45) is 0 Å². The van der Waals surface area contributed by atoms with Crippen LogP contribution in [0.15, 0.2) is 56.8 Å². The van der Waals surface area contributed by atoms with Gasteiger partial charge in [-0.25, -0.2) is 0 Å². The molecule has 0 N–H and O–H groups in total. The van der Waals surface area contributed by atoms with Crippen LogP contribution in [0.5, 0.6) is 0 Å². The smallest absolute Gasteiger partial charge is 0.160 e. The Kier molecular flexibility index (Phi) is 13.9. The lowest BCUT2D eigenvalue weighted by Gasteiger charge is -2.36. The van der Waals surface area contributed by atoms with E-state index in [-0.39, 0.29) is 22.3 Å². The quantitative estimate of drug-likeness (QED) is 0.290. The highest BCUT2D eigenvalue weighted by atomic mass is 79.9. The molecule has 2 aromatic heterocycles. The van der Waals surface area contributed by atoms with Gasteiger partial charge in [-0.15, -0.1) is 22.7 Å². The fraction of sp³-hybridized carbons (Fsp3) is 0.304. The second-order valence-corrected chi connectivity index (χ2v) is 10.5. The number of thiophene rings is 2. The third-order valence-corrected chi connectivity index (χ3v) is 7.37. The monoisotopic (exact) mass is 588 g/mol. The van der Waals surface area contributed by atoms with Crippen LogP contribution in [0.3, 0.4) is 0 Å². The van der Waals surface area contributed by atoms with E-state index in [2.05, 4.69) is 65.9 Å². The van der Waals surface area contributed by atoms with E-state index in [0.717, 1.165) is 56.8 Å². The summed E-state index contributed by atoms with van der Waals surface area (Å²) in [5.74, 6) is 0. The molecule has 4 nitrogen and oxygen atoms in total. The minimum atomic E-state index is 0. The third kappa shape index (κ3) is 8.52. The molecule has 1 aliphatic heterocycles. The van der Waals surface area contributed by atoms with Gasteiger partial charge >= 0.3 is 0 Å². The van der Waals surface area contributed by atoms with Gasteiger partial charge in [0.15, 0.2) is 12.6 Å². The standard InChI is InChI=1S/C15H15BrN2OS.C5H3BrOS.3CH4/c16-12-1-3-13(4-2-12)17-7-9-18(10-8-17)15-6-5-14(11-19)20-15;6-5-2-1-4(3-7)8-5;;;/h1-6,11H,7-10H2;1-3H;3*1H4. The maximum absolute atomic E-state index is 10.7. The minimum Gasteiger partial charge on any atom is -0.368 e. The van der Waals surface area contributed by atoms with Gasteiger partial charge < -0.3 is 9.80 Å². The normalized spacial score (nSPS) is 12.3. The molecular weight excluding hydrogens is 560 g/mol. The summed E-state index contributed by atoms with van der Waals surface area (Å²) in [6, 6.07) is 16.0. The fourth-order valence-electron chi connectivity index (χ4n) is 2.80. The molecule has 0 saturated carbocycles. The summed E-state index contributed by atoms with van der Waals surface area (Å²) >= 11 is 9.71. The van der Waals surface area contributed by atoms with Crippen LogP contribution in [0.2, 0.25) is 0 Å². The lowest BCUT2D eigenvalue weighted by molar-refractivity contribution is 0.111. The van der Waals surface area contributed by atoms with E-state index >= 15 is 0 Å². The SMILES string of the molecule is C.C.C.O=Cc1ccc(Br)s1.O=Cc1ccc(N2CCN(c3ccc(Br)cc3)CC2)s1. The van der Waals surface area contributed by atoms with Crippen LogP contribution in [-0.4, -0.2) is 38.8 Å². The largest absolute Gasteiger partial charge is 0.368 e. The zero-order valence-corrected chi connectivity index (χ0v) is 19.7. The number of carbonyl (C=O) groups excluding carboxylic acids is 2. The number of halogens is 2. The molecule has 0 aliphatic carbocycles. The molecule has 3 aromatic rings. The molecule has 0 bridgehead atoms. The second-order valence-electron chi connectivity index (χ2n) is 6.00. The Morgan fingerprint density at radius 1 is 0.677 bits per heavy atom. The van der Waals surface area contributed by atoms with Crippen LogP contribution in [0.4, 0.5) is 10.7 Å². The number of carbonyl (C=O) groups is 2. The van der Waals surface area contributed by atoms with E-state index < -0.39 is 0 Å². The Morgan fingerprint density at radius 2 is 1.19 bits per heavy atom. The molecule has 4 rings (SSSR count). The van der Waals surface area contributed by atoms with Gasteiger partial charge in [-0.05, 0) is 64.5 Å². The number of benzene rings is 1. The molecule has 0 radical (unpaired) electrons. The Morgan fingerprint density at radius 3 is 1.65 bits per heavy atom. The highest BCUT2D eigenvalue weighted by molar-refractivity contribution is 9.11. The zero-order valence-electron chi connectivity index (χ0n) is 14.9. The molecule has 1 aromatic carbocycles. The van der Waals surface area contributed by atoms with Gasteiger partial charge in [0.2, 0.25) is 0 Å². The molecular formula is C23H30Br2N2O2S2. The number of nitrogens with zero attached hydrogens (tertiary/aromatic N) is 2. The number of hydrogen-bond donors (Lipinski definition) is 0. The molecule has 170 valence electrons. The molecule has 1 saturated heterocycles. The average Bonchev–Trinajstić information content (AvgIpc) is 3.38. The Balaban J connectivity index is 0.000000704. The highest BCUT2D eigenvalue weighted by Crippen LogP contribution is 2.27. The topological polar surface area (TPSA) is 40.6 Å². The summed E-state index contributed by atoms with van der Waals surface area (Å²) in [6.07, 6.45) is 1.77. The first-order chi connectivity index (χ1) is 13.6. The lowest BCUT2D eigenvalue weighted by atomic mass is 10.2. The minimum absolute atomic E-state index is 0. The van der Waals surface area contributed by atoms with E-state index in [1.165, 1.54) is 22.0 Å². The molecule has 1 aliphatic rings. The number of hydrogen-bond acceptors (Lipinski definition) is 6. The first kappa shape index (κ1) is 29.5. The van der Waals surface area contributed by atoms with Gasteiger partial charge in [-0.3, -0.25) is 9.59 Å². The average molecular weight is 590 g/mol. The maximum atomic E-state index is 10.7. The van der Waals surface area contributed by atoms with Crippen LogP contribution in [0.1, 0.15) is 41.6 Å². The molecule has 0 amide bonds. The van der Waals surface area contributed by atoms with Crippen LogP contribution >= 0.6 is 54.5 Å². The summed E-state index contributed by atoms with van der Waals surface area (Å²) < 4.78 is 2.11. The summed E-state index contributed by atoms with van der Waals surface area (Å²) in [5, 5.41) is 1.20. The number of aldehydes is 2. The number of rotatable bonds is 4. The molecule has 1 fully saturated rings.